The molecule has 1 aromatic rings. The number of pyridine rings is 1. The molecule has 0 aliphatic carbocycles. The van der Waals surface area contributed by atoms with Gasteiger partial charge in [-0.2, -0.15) is 0 Å². The second-order valence-corrected chi connectivity index (χ2v) is 5.96. The Morgan fingerprint density at radius 2 is 2.10 bits per heavy atom. The molecule has 1 spiro atoms. The van der Waals surface area contributed by atoms with E-state index in [0.717, 1.165) is 32.4 Å². The second-order valence-electron chi connectivity index (χ2n) is 5.96. The molecule has 0 radical (unpaired) electrons. The molecule has 0 saturated carbocycles. The van der Waals surface area contributed by atoms with Gasteiger partial charge in [-0.25, -0.2) is 0 Å². The third kappa shape index (κ3) is 2.41. The number of rotatable bonds is 2. The van der Waals surface area contributed by atoms with Crippen LogP contribution in [-0.2, 0) is 4.79 Å². The first-order valence-electron chi connectivity index (χ1n) is 7.66. The summed E-state index contributed by atoms with van der Waals surface area (Å²) in [5, 5.41) is 0. The maximum absolute atomic E-state index is 12.8. The fourth-order valence-corrected chi connectivity index (χ4v) is 3.59. The van der Waals surface area contributed by atoms with E-state index < -0.39 is 0 Å². The smallest absolute Gasteiger partial charge is 0.254 e. The Balaban J connectivity index is 1.89. The van der Waals surface area contributed by atoms with E-state index in [0.29, 0.717) is 18.5 Å². The number of piperidine rings is 1. The first kappa shape index (κ1) is 14.0. The van der Waals surface area contributed by atoms with Gasteiger partial charge >= 0.3 is 0 Å². The minimum absolute atomic E-state index is 0.0304. The lowest BCUT2D eigenvalue weighted by Crippen LogP contribution is -2.56. The zero-order valence-corrected chi connectivity index (χ0v) is 12.4. The Morgan fingerprint density at radius 3 is 2.76 bits per heavy atom. The third-order valence-corrected chi connectivity index (χ3v) is 4.72. The van der Waals surface area contributed by atoms with Crippen molar-refractivity contribution in [2.75, 3.05) is 19.6 Å². The second kappa shape index (κ2) is 5.47. The molecule has 1 atom stereocenters. The number of carbonyl (C=O) groups is 2. The van der Waals surface area contributed by atoms with Gasteiger partial charge < -0.3 is 9.80 Å². The molecule has 0 bridgehead atoms. The quantitative estimate of drug-likeness (QED) is 0.832. The summed E-state index contributed by atoms with van der Waals surface area (Å²) in [6, 6.07) is 3.50. The van der Waals surface area contributed by atoms with Crippen LogP contribution in [0, 0.1) is 0 Å². The lowest BCUT2D eigenvalue weighted by molar-refractivity contribution is -0.127. The van der Waals surface area contributed by atoms with Gasteiger partial charge in [0.25, 0.3) is 5.91 Å². The Morgan fingerprint density at radius 1 is 1.33 bits per heavy atom. The van der Waals surface area contributed by atoms with Gasteiger partial charge in [0, 0.05) is 37.6 Å². The summed E-state index contributed by atoms with van der Waals surface area (Å²) in [5.41, 5.74) is 0.361. The largest absolute Gasteiger partial charge is 0.341 e. The van der Waals surface area contributed by atoms with Crippen molar-refractivity contribution in [1.29, 1.82) is 0 Å². The molecule has 1 aromatic heterocycles. The van der Waals surface area contributed by atoms with Gasteiger partial charge in [0.1, 0.15) is 0 Å². The number of nitrogens with zero attached hydrogens (tertiary/aromatic N) is 3. The zero-order valence-electron chi connectivity index (χ0n) is 12.4. The summed E-state index contributed by atoms with van der Waals surface area (Å²) < 4.78 is 0. The van der Waals surface area contributed by atoms with Crippen LogP contribution in [0.1, 0.15) is 43.0 Å². The first-order valence-corrected chi connectivity index (χ1v) is 7.66. The van der Waals surface area contributed by atoms with Gasteiger partial charge in [0.05, 0.1) is 12.0 Å². The van der Waals surface area contributed by atoms with Gasteiger partial charge in [0.15, 0.2) is 0 Å². The van der Waals surface area contributed by atoms with E-state index in [1.54, 1.807) is 24.5 Å². The average molecular weight is 287 g/mol. The predicted molar refractivity (Wildman–Crippen MR) is 78.7 cm³/mol. The minimum atomic E-state index is -0.300. The number of likely N-dealkylation sites (tertiary alicyclic amines) is 2. The van der Waals surface area contributed by atoms with Gasteiger partial charge in [0.2, 0.25) is 5.91 Å². The Bertz CT molecular complexity index is 546. The van der Waals surface area contributed by atoms with Crippen molar-refractivity contribution in [2.45, 2.75) is 38.1 Å². The van der Waals surface area contributed by atoms with Crippen LogP contribution in [0.2, 0.25) is 0 Å². The van der Waals surface area contributed by atoms with Gasteiger partial charge in [-0.15, -0.1) is 0 Å². The van der Waals surface area contributed by atoms with Crippen molar-refractivity contribution in [3.63, 3.8) is 0 Å². The Labute approximate surface area is 124 Å². The van der Waals surface area contributed by atoms with Crippen molar-refractivity contribution < 1.29 is 9.59 Å². The maximum atomic E-state index is 12.8. The van der Waals surface area contributed by atoms with Crippen LogP contribution in [0.5, 0.6) is 0 Å². The fourth-order valence-electron chi connectivity index (χ4n) is 3.59. The van der Waals surface area contributed by atoms with Crippen molar-refractivity contribution in [2.24, 2.45) is 0 Å². The van der Waals surface area contributed by atoms with Crippen LogP contribution in [0.25, 0.3) is 0 Å². The molecular formula is C16H21N3O2. The van der Waals surface area contributed by atoms with Crippen LogP contribution in [-0.4, -0.2) is 51.8 Å². The summed E-state index contributed by atoms with van der Waals surface area (Å²) >= 11 is 0. The van der Waals surface area contributed by atoms with Crippen LogP contribution < -0.4 is 0 Å². The molecule has 1 unspecified atom stereocenters. The standard InChI is InChI=1S/C16H21N3O2/c1-2-18-12-16(11-14(18)20)7-3-4-10-19(16)15(21)13-5-8-17-9-6-13/h5-6,8-9H,2-4,7,10-12H2,1H3. The molecule has 21 heavy (non-hydrogen) atoms. The van der Waals surface area contributed by atoms with E-state index in [4.69, 9.17) is 0 Å². The van der Waals surface area contributed by atoms with E-state index in [1.807, 2.05) is 16.7 Å². The van der Waals surface area contributed by atoms with Crippen molar-refractivity contribution in [1.82, 2.24) is 14.8 Å². The van der Waals surface area contributed by atoms with Crippen LogP contribution >= 0.6 is 0 Å². The average Bonchev–Trinajstić information content (AvgIpc) is 2.84. The molecular weight excluding hydrogens is 266 g/mol. The molecule has 3 rings (SSSR count). The number of amides is 2. The van der Waals surface area contributed by atoms with E-state index in [1.165, 1.54) is 0 Å². The monoisotopic (exact) mass is 287 g/mol. The molecule has 3 heterocycles. The molecule has 2 aliphatic heterocycles. The van der Waals surface area contributed by atoms with E-state index >= 15 is 0 Å². The predicted octanol–water partition coefficient (Wildman–Crippen LogP) is 1.70. The molecule has 2 amide bonds. The summed E-state index contributed by atoms with van der Waals surface area (Å²) in [6.07, 6.45) is 6.78. The lowest BCUT2D eigenvalue weighted by Gasteiger charge is -2.44. The molecule has 112 valence electrons. The van der Waals surface area contributed by atoms with E-state index in [9.17, 15) is 9.59 Å². The maximum Gasteiger partial charge on any atom is 0.254 e. The minimum Gasteiger partial charge on any atom is -0.341 e. The summed E-state index contributed by atoms with van der Waals surface area (Å²) in [7, 11) is 0. The Hall–Kier alpha value is -1.91. The molecule has 2 fully saturated rings. The van der Waals surface area contributed by atoms with Crippen molar-refractivity contribution in [3.8, 4) is 0 Å². The topological polar surface area (TPSA) is 53.5 Å². The number of carbonyl (C=O) groups excluding carboxylic acids is 2. The SMILES string of the molecule is CCN1CC2(CCCCN2C(=O)c2ccncc2)CC1=O. The zero-order chi connectivity index (χ0) is 14.9. The normalized spacial score (nSPS) is 25.7. The fraction of sp³-hybridized carbons (Fsp3) is 0.562. The van der Waals surface area contributed by atoms with Gasteiger partial charge in [-0.1, -0.05) is 0 Å². The summed E-state index contributed by atoms with van der Waals surface area (Å²) in [5.74, 6) is 0.204. The van der Waals surface area contributed by atoms with Crippen LogP contribution in [0.15, 0.2) is 24.5 Å². The summed E-state index contributed by atoms with van der Waals surface area (Å²) in [6.45, 7) is 4.14. The molecule has 5 nitrogen and oxygen atoms in total. The van der Waals surface area contributed by atoms with Gasteiger partial charge in [-0.3, -0.25) is 14.6 Å². The highest BCUT2D eigenvalue weighted by molar-refractivity contribution is 5.95. The van der Waals surface area contributed by atoms with E-state index in [-0.39, 0.29) is 17.4 Å². The number of likely N-dealkylation sites (N-methyl/N-ethyl adjacent to an activating group) is 1. The number of hydrogen-bond donors (Lipinski definition) is 0. The molecule has 5 heteroatoms. The molecule has 2 saturated heterocycles. The van der Waals surface area contributed by atoms with Crippen LogP contribution in [0.3, 0.4) is 0 Å². The highest BCUT2D eigenvalue weighted by atomic mass is 16.2. The first-order chi connectivity index (χ1) is 10.2. The third-order valence-electron chi connectivity index (χ3n) is 4.72. The number of hydrogen-bond acceptors (Lipinski definition) is 3. The molecule has 0 aromatic carbocycles. The lowest BCUT2D eigenvalue weighted by atomic mass is 9.85. The Kier molecular flexibility index (Phi) is 3.66. The van der Waals surface area contributed by atoms with Crippen molar-refractivity contribution in [3.05, 3.63) is 30.1 Å². The molecule has 0 N–H and O–H groups in total. The highest BCUT2D eigenvalue weighted by Gasteiger charge is 2.49. The van der Waals surface area contributed by atoms with Crippen molar-refractivity contribution >= 4 is 11.8 Å². The summed E-state index contributed by atoms with van der Waals surface area (Å²) in [4.78, 5) is 32.8. The van der Waals surface area contributed by atoms with Gasteiger partial charge in [-0.05, 0) is 38.3 Å². The highest BCUT2D eigenvalue weighted by Crippen LogP contribution is 2.37. The number of aromatic nitrogens is 1. The van der Waals surface area contributed by atoms with Crippen LogP contribution in [0.4, 0.5) is 0 Å². The van der Waals surface area contributed by atoms with E-state index in [2.05, 4.69) is 4.98 Å². The molecule has 2 aliphatic rings.